The first kappa shape index (κ1) is 22.1. The van der Waals surface area contributed by atoms with Crippen molar-refractivity contribution in [2.75, 3.05) is 27.3 Å². The van der Waals surface area contributed by atoms with Crippen LogP contribution in [0.3, 0.4) is 0 Å². The monoisotopic (exact) mass is 422 g/mol. The lowest BCUT2D eigenvalue weighted by Crippen LogP contribution is -2.52. The molecular formula is C24H26N2O5. The van der Waals surface area contributed by atoms with E-state index in [0.717, 1.165) is 27.5 Å². The van der Waals surface area contributed by atoms with Gasteiger partial charge >= 0.3 is 6.03 Å². The molecule has 0 atom stereocenters. The van der Waals surface area contributed by atoms with E-state index in [1.165, 1.54) is 25.7 Å². The van der Waals surface area contributed by atoms with Crippen molar-refractivity contribution in [2.24, 2.45) is 0 Å². The maximum absolute atomic E-state index is 12.3. The Bertz CT molecular complexity index is 1000. The van der Waals surface area contributed by atoms with Gasteiger partial charge in [-0.25, -0.2) is 4.79 Å². The summed E-state index contributed by atoms with van der Waals surface area (Å²) in [4.78, 5) is 38.2. The molecule has 1 saturated heterocycles. The van der Waals surface area contributed by atoms with Gasteiger partial charge in [0.15, 0.2) is 0 Å². The van der Waals surface area contributed by atoms with Crippen molar-refractivity contribution < 1.29 is 23.9 Å². The number of carbonyl (C=O) groups is 3. The van der Waals surface area contributed by atoms with Crippen molar-refractivity contribution >= 4 is 23.9 Å². The Labute approximate surface area is 181 Å². The normalized spacial score (nSPS) is 14.2. The number of amides is 4. The van der Waals surface area contributed by atoms with Crippen molar-refractivity contribution in [3.05, 3.63) is 64.7 Å². The van der Waals surface area contributed by atoms with E-state index < -0.39 is 17.8 Å². The molecule has 0 spiro atoms. The Kier molecular flexibility index (Phi) is 6.74. The highest BCUT2D eigenvalue weighted by atomic mass is 16.5. The van der Waals surface area contributed by atoms with Crippen LogP contribution in [-0.2, 0) is 16.0 Å². The van der Waals surface area contributed by atoms with Gasteiger partial charge in [0.25, 0.3) is 11.8 Å². The summed E-state index contributed by atoms with van der Waals surface area (Å²) in [6, 6.07) is 12.5. The zero-order valence-corrected chi connectivity index (χ0v) is 18.2. The van der Waals surface area contributed by atoms with E-state index in [1.807, 2.05) is 19.1 Å². The summed E-state index contributed by atoms with van der Waals surface area (Å²) in [6.45, 7) is 4.94. The standard InChI is InChI=1S/C24H26N2O5/c1-5-17-12-16(2)13-20(14-17)31-11-10-30-19-8-6-18(7-9-19)15-21-22(27)25(3)24(29)26(4)23(21)28/h6-9,12-15H,5,10-11H2,1-4H3. The van der Waals surface area contributed by atoms with Crippen LogP contribution < -0.4 is 9.47 Å². The maximum Gasteiger partial charge on any atom is 0.333 e. The lowest BCUT2D eigenvalue weighted by molar-refractivity contribution is -0.134. The van der Waals surface area contributed by atoms with Crippen LogP contribution in [0.25, 0.3) is 6.08 Å². The van der Waals surface area contributed by atoms with Gasteiger partial charge in [0.05, 0.1) is 0 Å². The number of hydrogen-bond acceptors (Lipinski definition) is 5. The maximum atomic E-state index is 12.3. The number of ether oxygens (including phenoxy) is 2. The molecule has 1 fully saturated rings. The molecule has 162 valence electrons. The van der Waals surface area contributed by atoms with Gasteiger partial charge < -0.3 is 9.47 Å². The fourth-order valence-corrected chi connectivity index (χ4v) is 3.23. The number of imide groups is 2. The Morgan fingerprint density at radius 1 is 0.839 bits per heavy atom. The number of carbonyl (C=O) groups excluding carboxylic acids is 3. The molecule has 2 aromatic rings. The van der Waals surface area contributed by atoms with Crippen LogP contribution in [0.1, 0.15) is 23.6 Å². The second-order valence-electron chi connectivity index (χ2n) is 7.34. The number of aryl methyl sites for hydroxylation is 2. The summed E-state index contributed by atoms with van der Waals surface area (Å²) in [6.07, 6.45) is 2.43. The Hall–Kier alpha value is -3.61. The molecule has 7 nitrogen and oxygen atoms in total. The molecular weight excluding hydrogens is 396 g/mol. The van der Waals surface area contributed by atoms with Crippen LogP contribution in [0.15, 0.2) is 48.0 Å². The lowest BCUT2D eigenvalue weighted by Gasteiger charge is -2.28. The third kappa shape index (κ3) is 5.12. The number of rotatable bonds is 7. The minimum atomic E-state index is -0.644. The van der Waals surface area contributed by atoms with Crippen LogP contribution in [0.2, 0.25) is 0 Å². The van der Waals surface area contributed by atoms with E-state index in [2.05, 4.69) is 13.0 Å². The van der Waals surface area contributed by atoms with Crippen molar-refractivity contribution in [3.63, 3.8) is 0 Å². The summed E-state index contributed by atoms with van der Waals surface area (Å²) in [5.41, 5.74) is 2.99. The largest absolute Gasteiger partial charge is 0.490 e. The van der Waals surface area contributed by atoms with Gasteiger partial charge in [-0.2, -0.15) is 0 Å². The molecule has 7 heteroatoms. The number of hydrogen-bond donors (Lipinski definition) is 0. The number of benzene rings is 2. The van der Waals surface area contributed by atoms with Gasteiger partial charge in [-0.15, -0.1) is 0 Å². The minimum absolute atomic E-state index is 0.0590. The predicted octanol–water partition coefficient (Wildman–Crippen LogP) is 3.45. The molecule has 0 aromatic heterocycles. The highest BCUT2D eigenvalue weighted by Gasteiger charge is 2.37. The Morgan fingerprint density at radius 3 is 2.00 bits per heavy atom. The molecule has 1 aliphatic heterocycles. The Balaban J connectivity index is 1.57. The zero-order valence-electron chi connectivity index (χ0n) is 18.2. The SMILES string of the molecule is CCc1cc(C)cc(OCCOc2ccc(C=C3C(=O)N(C)C(=O)N(C)C3=O)cc2)c1. The molecule has 31 heavy (non-hydrogen) atoms. The van der Waals surface area contributed by atoms with E-state index in [1.54, 1.807) is 24.3 Å². The van der Waals surface area contributed by atoms with Crippen molar-refractivity contribution in [1.82, 2.24) is 9.80 Å². The molecule has 0 aliphatic carbocycles. The van der Waals surface area contributed by atoms with Gasteiger partial charge in [0, 0.05) is 14.1 Å². The fraction of sp³-hybridized carbons (Fsp3) is 0.292. The van der Waals surface area contributed by atoms with E-state index in [0.29, 0.717) is 24.5 Å². The minimum Gasteiger partial charge on any atom is -0.490 e. The van der Waals surface area contributed by atoms with Gasteiger partial charge in [-0.3, -0.25) is 19.4 Å². The first-order chi connectivity index (χ1) is 14.8. The van der Waals surface area contributed by atoms with Crippen LogP contribution in [0, 0.1) is 6.92 Å². The van der Waals surface area contributed by atoms with Gasteiger partial charge in [0.1, 0.15) is 30.3 Å². The van der Waals surface area contributed by atoms with Gasteiger partial charge in [0.2, 0.25) is 0 Å². The van der Waals surface area contributed by atoms with Crippen molar-refractivity contribution in [3.8, 4) is 11.5 Å². The molecule has 3 rings (SSSR count). The average molecular weight is 422 g/mol. The predicted molar refractivity (Wildman–Crippen MR) is 117 cm³/mol. The second-order valence-corrected chi connectivity index (χ2v) is 7.34. The second kappa shape index (κ2) is 9.47. The quantitative estimate of drug-likeness (QED) is 0.388. The molecule has 2 aromatic carbocycles. The highest BCUT2D eigenvalue weighted by molar-refractivity contribution is 6.30. The van der Waals surface area contributed by atoms with E-state index in [9.17, 15) is 14.4 Å². The first-order valence-electron chi connectivity index (χ1n) is 10.1. The molecule has 0 unspecified atom stereocenters. The number of urea groups is 1. The van der Waals surface area contributed by atoms with Crippen LogP contribution in [0.5, 0.6) is 11.5 Å². The lowest BCUT2D eigenvalue weighted by atomic mass is 10.1. The molecule has 4 amide bonds. The topological polar surface area (TPSA) is 76.2 Å². The van der Waals surface area contributed by atoms with Crippen molar-refractivity contribution in [2.45, 2.75) is 20.3 Å². The molecule has 0 radical (unpaired) electrons. The summed E-state index contributed by atoms with van der Waals surface area (Å²) in [5, 5.41) is 0. The summed E-state index contributed by atoms with van der Waals surface area (Å²) >= 11 is 0. The number of likely N-dealkylation sites (N-methyl/N-ethyl adjacent to an activating group) is 2. The van der Waals surface area contributed by atoms with E-state index >= 15 is 0 Å². The van der Waals surface area contributed by atoms with Gasteiger partial charge in [-0.1, -0.05) is 25.1 Å². The summed E-state index contributed by atoms with van der Waals surface area (Å²) < 4.78 is 11.5. The van der Waals surface area contributed by atoms with Crippen LogP contribution in [0.4, 0.5) is 4.79 Å². The summed E-state index contributed by atoms with van der Waals surface area (Å²) in [5.74, 6) is 0.244. The fourth-order valence-electron chi connectivity index (χ4n) is 3.23. The van der Waals surface area contributed by atoms with E-state index in [4.69, 9.17) is 9.47 Å². The molecule has 0 bridgehead atoms. The molecule has 0 saturated carbocycles. The average Bonchev–Trinajstić information content (AvgIpc) is 2.77. The van der Waals surface area contributed by atoms with Crippen LogP contribution >= 0.6 is 0 Å². The third-order valence-electron chi connectivity index (χ3n) is 4.97. The summed E-state index contributed by atoms with van der Waals surface area (Å²) in [7, 11) is 2.69. The van der Waals surface area contributed by atoms with E-state index in [-0.39, 0.29) is 5.57 Å². The van der Waals surface area contributed by atoms with Gasteiger partial charge in [-0.05, 0) is 60.4 Å². The molecule has 0 N–H and O–H groups in total. The Morgan fingerprint density at radius 2 is 1.42 bits per heavy atom. The highest BCUT2D eigenvalue weighted by Crippen LogP contribution is 2.20. The smallest absolute Gasteiger partial charge is 0.333 e. The van der Waals surface area contributed by atoms with Crippen LogP contribution in [-0.4, -0.2) is 55.0 Å². The van der Waals surface area contributed by atoms with Crippen molar-refractivity contribution in [1.29, 1.82) is 0 Å². The zero-order chi connectivity index (χ0) is 22.5. The molecule has 1 heterocycles. The number of barbiturate groups is 1. The first-order valence-corrected chi connectivity index (χ1v) is 10.1. The third-order valence-corrected chi connectivity index (χ3v) is 4.97. The molecule has 1 aliphatic rings. The number of nitrogens with zero attached hydrogens (tertiary/aromatic N) is 2.